The predicted octanol–water partition coefficient (Wildman–Crippen LogP) is 4.66. The molecule has 4 aromatic rings. The second-order valence-corrected chi connectivity index (χ2v) is 8.02. The minimum absolute atomic E-state index is 0.0221. The van der Waals surface area contributed by atoms with E-state index in [4.69, 9.17) is 11.6 Å². The number of aromatic nitrogens is 3. The van der Waals surface area contributed by atoms with Crippen molar-refractivity contribution in [2.45, 2.75) is 26.2 Å². The molecule has 1 atom stereocenters. The van der Waals surface area contributed by atoms with Crippen LogP contribution in [0.1, 0.15) is 34.0 Å². The number of para-hydroxylation sites is 1. The molecule has 0 aliphatic rings. The molecular formula is C24H25ClN4O. The van der Waals surface area contributed by atoms with Crippen LogP contribution in [0.3, 0.4) is 0 Å². The van der Waals surface area contributed by atoms with Crippen LogP contribution in [0.5, 0.6) is 0 Å². The van der Waals surface area contributed by atoms with Gasteiger partial charge in [-0.15, -0.1) is 0 Å². The van der Waals surface area contributed by atoms with Crippen LogP contribution in [-0.2, 0) is 18.3 Å². The Hall–Kier alpha value is -3.05. The highest BCUT2D eigenvalue weighted by atomic mass is 35.5. The average molecular weight is 421 g/mol. The Labute approximate surface area is 181 Å². The van der Waals surface area contributed by atoms with E-state index >= 15 is 0 Å². The average Bonchev–Trinajstić information content (AvgIpc) is 3.26. The first-order valence-corrected chi connectivity index (χ1v) is 10.4. The number of halogens is 1. The van der Waals surface area contributed by atoms with Gasteiger partial charge in [0.2, 0.25) is 5.91 Å². The SMILES string of the molecule is Cc1nn(C)c(C)c1CC(=O)NC[C@H](c1ccccc1Cl)c1c[nH]c2ccccc12. The molecule has 0 saturated carbocycles. The van der Waals surface area contributed by atoms with E-state index in [1.165, 1.54) is 0 Å². The molecule has 6 heteroatoms. The third-order valence-electron chi connectivity index (χ3n) is 5.78. The summed E-state index contributed by atoms with van der Waals surface area (Å²) in [6.07, 6.45) is 2.33. The van der Waals surface area contributed by atoms with Gasteiger partial charge in [-0.3, -0.25) is 9.48 Å². The van der Waals surface area contributed by atoms with E-state index in [0.29, 0.717) is 18.0 Å². The Balaban J connectivity index is 1.61. The monoisotopic (exact) mass is 420 g/mol. The Morgan fingerprint density at radius 1 is 1.13 bits per heavy atom. The molecule has 0 bridgehead atoms. The van der Waals surface area contributed by atoms with E-state index < -0.39 is 0 Å². The van der Waals surface area contributed by atoms with Crippen molar-refractivity contribution >= 4 is 28.4 Å². The summed E-state index contributed by atoms with van der Waals surface area (Å²) in [7, 11) is 1.90. The summed E-state index contributed by atoms with van der Waals surface area (Å²) in [5.41, 5.74) is 6.07. The van der Waals surface area contributed by atoms with Crippen molar-refractivity contribution in [3.05, 3.63) is 87.8 Å². The molecule has 0 fully saturated rings. The quantitative estimate of drug-likeness (QED) is 0.476. The zero-order valence-electron chi connectivity index (χ0n) is 17.4. The number of aromatic amines is 1. The van der Waals surface area contributed by atoms with Gasteiger partial charge in [-0.05, 0) is 37.1 Å². The molecule has 0 aliphatic carbocycles. The van der Waals surface area contributed by atoms with Gasteiger partial charge in [-0.1, -0.05) is 48.0 Å². The van der Waals surface area contributed by atoms with Crippen LogP contribution in [0.2, 0.25) is 5.02 Å². The van der Waals surface area contributed by atoms with E-state index in [9.17, 15) is 4.79 Å². The van der Waals surface area contributed by atoms with Crippen LogP contribution in [0.15, 0.2) is 54.7 Å². The number of amides is 1. The highest BCUT2D eigenvalue weighted by molar-refractivity contribution is 6.31. The number of rotatable bonds is 6. The second-order valence-electron chi connectivity index (χ2n) is 7.62. The smallest absolute Gasteiger partial charge is 0.224 e. The minimum Gasteiger partial charge on any atom is -0.361 e. The Morgan fingerprint density at radius 2 is 1.87 bits per heavy atom. The van der Waals surface area contributed by atoms with Crippen LogP contribution in [0, 0.1) is 13.8 Å². The molecular weight excluding hydrogens is 396 g/mol. The summed E-state index contributed by atoms with van der Waals surface area (Å²) in [4.78, 5) is 16.1. The Morgan fingerprint density at radius 3 is 2.60 bits per heavy atom. The van der Waals surface area contributed by atoms with Gasteiger partial charge in [0, 0.05) is 52.9 Å². The van der Waals surface area contributed by atoms with Gasteiger partial charge in [0.25, 0.3) is 0 Å². The number of H-pyrrole nitrogens is 1. The summed E-state index contributed by atoms with van der Waals surface area (Å²) in [6, 6.07) is 16.0. The van der Waals surface area contributed by atoms with Gasteiger partial charge in [0.15, 0.2) is 0 Å². The van der Waals surface area contributed by atoms with Gasteiger partial charge in [0.05, 0.1) is 12.1 Å². The van der Waals surface area contributed by atoms with Crippen LogP contribution in [0.25, 0.3) is 10.9 Å². The fraction of sp³-hybridized carbons (Fsp3) is 0.250. The molecule has 4 rings (SSSR count). The number of carbonyl (C=O) groups is 1. The number of nitrogens with zero attached hydrogens (tertiary/aromatic N) is 2. The first-order chi connectivity index (χ1) is 14.5. The molecule has 2 heterocycles. The van der Waals surface area contributed by atoms with E-state index in [1.807, 2.05) is 68.2 Å². The van der Waals surface area contributed by atoms with Gasteiger partial charge in [-0.25, -0.2) is 0 Å². The molecule has 2 N–H and O–H groups in total. The maximum atomic E-state index is 12.8. The van der Waals surface area contributed by atoms with Crippen LogP contribution >= 0.6 is 11.6 Å². The lowest BCUT2D eigenvalue weighted by molar-refractivity contribution is -0.120. The molecule has 0 saturated heterocycles. The topological polar surface area (TPSA) is 62.7 Å². The van der Waals surface area contributed by atoms with Gasteiger partial charge in [-0.2, -0.15) is 5.10 Å². The van der Waals surface area contributed by atoms with Gasteiger partial charge < -0.3 is 10.3 Å². The predicted molar refractivity (Wildman–Crippen MR) is 121 cm³/mol. The lowest BCUT2D eigenvalue weighted by Gasteiger charge is -2.19. The van der Waals surface area contributed by atoms with Crippen molar-refractivity contribution in [2.75, 3.05) is 6.54 Å². The van der Waals surface area contributed by atoms with E-state index in [2.05, 4.69) is 27.5 Å². The van der Waals surface area contributed by atoms with E-state index in [-0.39, 0.29) is 11.8 Å². The highest BCUT2D eigenvalue weighted by Gasteiger charge is 2.22. The van der Waals surface area contributed by atoms with E-state index in [0.717, 1.165) is 39.0 Å². The number of hydrogen-bond donors (Lipinski definition) is 2. The third kappa shape index (κ3) is 3.85. The maximum absolute atomic E-state index is 12.8. The number of aryl methyl sites for hydroxylation is 2. The lowest BCUT2D eigenvalue weighted by atomic mass is 9.90. The first-order valence-electron chi connectivity index (χ1n) is 10.0. The molecule has 0 radical (unpaired) electrons. The third-order valence-corrected chi connectivity index (χ3v) is 6.12. The van der Waals surface area contributed by atoms with E-state index in [1.54, 1.807) is 0 Å². The van der Waals surface area contributed by atoms with Crippen LogP contribution in [0.4, 0.5) is 0 Å². The maximum Gasteiger partial charge on any atom is 0.224 e. The fourth-order valence-corrected chi connectivity index (χ4v) is 4.31. The molecule has 1 amide bonds. The molecule has 2 aromatic heterocycles. The van der Waals surface area contributed by atoms with Crippen LogP contribution < -0.4 is 5.32 Å². The Kier molecular flexibility index (Phi) is 5.64. The number of hydrogen-bond acceptors (Lipinski definition) is 2. The number of benzene rings is 2. The summed E-state index contributed by atoms with van der Waals surface area (Å²) in [5, 5.41) is 9.36. The van der Waals surface area contributed by atoms with Crippen molar-refractivity contribution in [3.8, 4) is 0 Å². The Bertz CT molecular complexity index is 1210. The minimum atomic E-state index is -0.0603. The second kappa shape index (κ2) is 8.36. The van der Waals surface area contributed by atoms with Crippen molar-refractivity contribution in [1.29, 1.82) is 0 Å². The zero-order valence-corrected chi connectivity index (χ0v) is 18.1. The first kappa shape index (κ1) is 20.2. The molecule has 2 aromatic carbocycles. The largest absolute Gasteiger partial charge is 0.361 e. The summed E-state index contributed by atoms with van der Waals surface area (Å²) in [5.74, 6) is -0.0824. The van der Waals surface area contributed by atoms with Crippen molar-refractivity contribution in [1.82, 2.24) is 20.1 Å². The fourth-order valence-electron chi connectivity index (χ4n) is 4.04. The number of carbonyl (C=O) groups excluding carboxylic acids is 1. The molecule has 0 aliphatic heterocycles. The summed E-state index contributed by atoms with van der Waals surface area (Å²) in [6.45, 7) is 4.39. The van der Waals surface area contributed by atoms with Gasteiger partial charge >= 0.3 is 0 Å². The standard InChI is InChI=1S/C24H25ClN4O/c1-15-19(16(2)29(3)28-15)12-24(30)27-14-20(17-8-4-6-10-22(17)25)21-13-26-23-11-7-5-9-18(21)23/h4-11,13,20,26H,12,14H2,1-3H3,(H,27,30)/t20-/m1/s1. The highest BCUT2D eigenvalue weighted by Crippen LogP contribution is 2.34. The number of nitrogens with one attached hydrogen (secondary N) is 2. The van der Waals surface area contributed by atoms with Gasteiger partial charge in [0.1, 0.15) is 0 Å². The molecule has 154 valence electrons. The summed E-state index contributed by atoms with van der Waals surface area (Å²) >= 11 is 6.54. The van der Waals surface area contributed by atoms with Crippen molar-refractivity contribution in [3.63, 3.8) is 0 Å². The normalized spacial score (nSPS) is 12.3. The molecule has 5 nitrogen and oxygen atoms in total. The zero-order chi connectivity index (χ0) is 21.3. The molecule has 0 spiro atoms. The molecule has 0 unspecified atom stereocenters. The van der Waals surface area contributed by atoms with Crippen molar-refractivity contribution in [2.24, 2.45) is 7.05 Å². The number of fused-ring (bicyclic) bond motifs is 1. The summed E-state index contributed by atoms with van der Waals surface area (Å²) < 4.78 is 1.82. The molecule has 30 heavy (non-hydrogen) atoms. The van der Waals surface area contributed by atoms with Crippen LogP contribution in [-0.4, -0.2) is 27.2 Å². The lowest BCUT2D eigenvalue weighted by Crippen LogP contribution is -2.30. The van der Waals surface area contributed by atoms with Crippen molar-refractivity contribution < 1.29 is 4.79 Å².